The molecule has 1 heterocycles. The van der Waals surface area contributed by atoms with Crippen molar-refractivity contribution in [3.63, 3.8) is 0 Å². The Labute approximate surface area is 117 Å². The number of thiophene rings is 1. The minimum Gasteiger partial charge on any atom is -0.399 e. The van der Waals surface area contributed by atoms with Crippen LogP contribution >= 0.6 is 11.3 Å². The van der Waals surface area contributed by atoms with Crippen molar-refractivity contribution in [2.24, 2.45) is 0 Å². The number of benzene rings is 1. The van der Waals surface area contributed by atoms with Crippen LogP contribution in [0.15, 0.2) is 35.0 Å². The van der Waals surface area contributed by atoms with Crippen LogP contribution in [0.25, 0.3) is 0 Å². The van der Waals surface area contributed by atoms with Gasteiger partial charge in [-0.1, -0.05) is 12.1 Å². The van der Waals surface area contributed by atoms with Gasteiger partial charge in [-0.15, -0.1) is 0 Å². The van der Waals surface area contributed by atoms with Gasteiger partial charge in [-0.25, -0.2) is 13.1 Å². The van der Waals surface area contributed by atoms with E-state index >= 15 is 0 Å². The van der Waals surface area contributed by atoms with E-state index in [-0.39, 0.29) is 5.75 Å². The third-order valence-electron chi connectivity index (χ3n) is 2.75. The molecule has 1 aromatic heterocycles. The molecule has 0 aliphatic carbocycles. The van der Waals surface area contributed by atoms with E-state index in [1.54, 1.807) is 35.6 Å². The molecule has 0 saturated heterocycles. The Morgan fingerprint density at radius 3 is 2.74 bits per heavy atom. The number of rotatable bonds is 5. The average molecular weight is 296 g/mol. The maximum atomic E-state index is 12.0. The van der Waals surface area contributed by atoms with E-state index in [2.05, 4.69) is 4.72 Å². The van der Waals surface area contributed by atoms with Crippen molar-refractivity contribution in [2.45, 2.75) is 19.2 Å². The highest BCUT2D eigenvalue weighted by Crippen LogP contribution is 2.14. The number of hydrogen-bond acceptors (Lipinski definition) is 4. The molecule has 6 heteroatoms. The number of anilines is 1. The van der Waals surface area contributed by atoms with Crippen molar-refractivity contribution in [2.75, 3.05) is 5.73 Å². The summed E-state index contributed by atoms with van der Waals surface area (Å²) in [5, 5.41) is 3.96. The van der Waals surface area contributed by atoms with Crippen LogP contribution in [0.2, 0.25) is 0 Å². The molecular formula is C13H16N2O2S2. The molecule has 2 rings (SSSR count). The minimum absolute atomic E-state index is 0.0543. The normalized spacial score (nSPS) is 11.6. The SMILES string of the molecule is Cc1cscc1CNS(=O)(=O)Cc1cccc(N)c1. The number of aryl methyl sites for hydroxylation is 1. The Morgan fingerprint density at radius 2 is 2.11 bits per heavy atom. The van der Waals surface area contributed by atoms with Crippen molar-refractivity contribution in [3.8, 4) is 0 Å². The molecule has 0 spiro atoms. The summed E-state index contributed by atoms with van der Waals surface area (Å²) in [5.41, 5.74) is 9.02. The predicted molar refractivity (Wildman–Crippen MR) is 79.4 cm³/mol. The first-order chi connectivity index (χ1) is 8.96. The molecule has 102 valence electrons. The largest absolute Gasteiger partial charge is 0.399 e. The van der Waals surface area contributed by atoms with E-state index in [4.69, 9.17) is 5.73 Å². The fourth-order valence-electron chi connectivity index (χ4n) is 1.71. The lowest BCUT2D eigenvalue weighted by molar-refractivity contribution is 0.580. The van der Waals surface area contributed by atoms with Crippen molar-refractivity contribution in [1.29, 1.82) is 0 Å². The quantitative estimate of drug-likeness (QED) is 0.831. The van der Waals surface area contributed by atoms with Gasteiger partial charge in [-0.05, 0) is 46.5 Å². The molecule has 2 aromatic rings. The fourth-order valence-corrected chi connectivity index (χ4v) is 3.66. The van der Waals surface area contributed by atoms with Gasteiger partial charge in [0.25, 0.3) is 0 Å². The van der Waals surface area contributed by atoms with E-state index < -0.39 is 10.0 Å². The molecule has 0 radical (unpaired) electrons. The second kappa shape index (κ2) is 5.73. The van der Waals surface area contributed by atoms with Gasteiger partial charge >= 0.3 is 0 Å². The van der Waals surface area contributed by atoms with Gasteiger partial charge in [0.2, 0.25) is 10.0 Å². The molecule has 19 heavy (non-hydrogen) atoms. The summed E-state index contributed by atoms with van der Waals surface area (Å²) in [6.07, 6.45) is 0. The third-order valence-corrected chi connectivity index (χ3v) is 4.96. The zero-order valence-electron chi connectivity index (χ0n) is 10.6. The van der Waals surface area contributed by atoms with E-state index in [0.29, 0.717) is 17.8 Å². The number of nitrogens with two attached hydrogens (primary N) is 1. The Bertz CT molecular complexity index is 663. The van der Waals surface area contributed by atoms with Crippen LogP contribution in [-0.4, -0.2) is 8.42 Å². The van der Waals surface area contributed by atoms with Crippen LogP contribution in [0.4, 0.5) is 5.69 Å². The lowest BCUT2D eigenvalue weighted by Crippen LogP contribution is -2.24. The van der Waals surface area contributed by atoms with Gasteiger partial charge < -0.3 is 5.73 Å². The lowest BCUT2D eigenvalue weighted by atomic mass is 10.2. The van der Waals surface area contributed by atoms with E-state index in [1.165, 1.54) is 0 Å². The highest BCUT2D eigenvalue weighted by molar-refractivity contribution is 7.88. The fraction of sp³-hybridized carbons (Fsp3) is 0.231. The first kappa shape index (κ1) is 14.0. The second-order valence-corrected chi connectivity index (χ2v) is 6.96. The number of nitrogen functional groups attached to an aromatic ring is 1. The van der Waals surface area contributed by atoms with E-state index in [0.717, 1.165) is 11.1 Å². The zero-order chi connectivity index (χ0) is 13.9. The summed E-state index contributed by atoms with van der Waals surface area (Å²) in [4.78, 5) is 0. The van der Waals surface area contributed by atoms with Gasteiger partial charge in [-0.2, -0.15) is 11.3 Å². The standard InChI is InChI=1S/C13H16N2O2S2/c1-10-7-18-8-12(10)6-15-19(16,17)9-11-3-2-4-13(14)5-11/h2-5,7-8,15H,6,9,14H2,1H3. The molecule has 0 bridgehead atoms. The molecule has 0 fully saturated rings. The molecule has 0 aliphatic rings. The average Bonchev–Trinajstić information content (AvgIpc) is 2.72. The molecule has 3 N–H and O–H groups in total. The molecule has 1 aromatic carbocycles. The number of nitrogens with one attached hydrogen (secondary N) is 1. The third kappa shape index (κ3) is 4.05. The van der Waals surface area contributed by atoms with Gasteiger partial charge in [0.1, 0.15) is 0 Å². The van der Waals surface area contributed by atoms with Crippen LogP contribution in [0.5, 0.6) is 0 Å². The zero-order valence-corrected chi connectivity index (χ0v) is 12.2. The summed E-state index contributed by atoms with van der Waals surface area (Å²) in [6.45, 7) is 2.30. The highest BCUT2D eigenvalue weighted by atomic mass is 32.2. The summed E-state index contributed by atoms with van der Waals surface area (Å²) in [5.74, 6) is -0.0543. The van der Waals surface area contributed by atoms with Gasteiger partial charge in [-0.3, -0.25) is 0 Å². The summed E-state index contributed by atoms with van der Waals surface area (Å²) < 4.78 is 26.5. The maximum Gasteiger partial charge on any atom is 0.216 e. The summed E-state index contributed by atoms with van der Waals surface area (Å²) >= 11 is 1.57. The Morgan fingerprint density at radius 1 is 1.32 bits per heavy atom. The monoisotopic (exact) mass is 296 g/mol. The summed E-state index contributed by atoms with van der Waals surface area (Å²) in [6, 6.07) is 6.92. The van der Waals surface area contributed by atoms with Crippen LogP contribution < -0.4 is 10.5 Å². The number of sulfonamides is 1. The lowest BCUT2D eigenvalue weighted by Gasteiger charge is -2.07. The molecule has 0 aliphatic heterocycles. The van der Waals surface area contributed by atoms with Crippen molar-refractivity contribution in [1.82, 2.24) is 4.72 Å². The summed E-state index contributed by atoms with van der Waals surface area (Å²) in [7, 11) is -3.35. The molecule has 0 unspecified atom stereocenters. The molecule has 0 atom stereocenters. The Kier molecular flexibility index (Phi) is 4.24. The van der Waals surface area contributed by atoms with Crippen LogP contribution in [0, 0.1) is 6.92 Å². The van der Waals surface area contributed by atoms with Crippen LogP contribution in [-0.2, 0) is 22.3 Å². The van der Waals surface area contributed by atoms with Crippen molar-refractivity contribution < 1.29 is 8.42 Å². The Balaban J connectivity index is 2.01. The van der Waals surface area contributed by atoms with Gasteiger partial charge in [0, 0.05) is 12.2 Å². The predicted octanol–water partition coefficient (Wildman–Crippen LogP) is 2.26. The van der Waals surface area contributed by atoms with Crippen LogP contribution in [0.3, 0.4) is 0 Å². The second-order valence-electron chi connectivity index (χ2n) is 4.41. The highest BCUT2D eigenvalue weighted by Gasteiger charge is 2.12. The molecule has 4 nitrogen and oxygen atoms in total. The van der Waals surface area contributed by atoms with E-state index in [9.17, 15) is 8.42 Å². The van der Waals surface area contributed by atoms with Crippen molar-refractivity contribution >= 4 is 27.0 Å². The smallest absolute Gasteiger partial charge is 0.216 e. The first-order valence-corrected chi connectivity index (χ1v) is 8.39. The topological polar surface area (TPSA) is 72.2 Å². The maximum absolute atomic E-state index is 12.0. The van der Waals surface area contributed by atoms with E-state index in [1.807, 2.05) is 17.7 Å². The number of hydrogen-bond donors (Lipinski definition) is 2. The molecule has 0 amide bonds. The van der Waals surface area contributed by atoms with Crippen LogP contribution in [0.1, 0.15) is 16.7 Å². The minimum atomic E-state index is -3.35. The van der Waals surface area contributed by atoms with Gasteiger partial charge in [0.05, 0.1) is 5.75 Å². The molecular weight excluding hydrogens is 280 g/mol. The molecule has 0 saturated carbocycles. The first-order valence-electron chi connectivity index (χ1n) is 5.80. The van der Waals surface area contributed by atoms with Crippen molar-refractivity contribution in [3.05, 3.63) is 51.7 Å². The Hall–Kier alpha value is -1.37. The van der Waals surface area contributed by atoms with Gasteiger partial charge in [0.15, 0.2) is 0 Å².